The Morgan fingerprint density at radius 3 is 1.38 bits per heavy atom. The lowest BCUT2D eigenvalue weighted by Gasteiger charge is -2.17. The van der Waals surface area contributed by atoms with Gasteiger partial charge in [0, 0.05) is 44.7 Å². The maximum Gasteiger partial charge on any atom is 0.128 e. The van der Waals surface area contributed by atoms with Gasteiger partial charge in [0.2, 0.25) is 0 Å². The van der Waals surface area contributed by atoms with E-state index in [-0.39, 0.29) is 0 Å². The summed E-state index contributed by atoms with van der Waals surface area (Å²) in [6.45, 7) is 8.68. The summed E-state index contributed by atoms with van der Waals surface area (Å²) in [5.74, 6) is 1.59. The van der Waals surface area contributed by atoms with Gasteiger partial charge in [0.15, 0.2) is 0 Å². The number of benzene rings is 4. The highest BCUT2D eigenvalue weighted by atomic mass is 16.5. The fraction of sp³-hybridized carbons (Fsp3) is 0.0952. The van der Waals surface area contributed by atoms with Crippen LogP contribution < -0.4 is 4.74 Å². The van der Waals surface area contributed by atoms with Gasteiger partial charge in [-0.25, -0.2) is 0 Å². The molecule has 0 saturated heterocycles. The van der Waals surface area contributed by atoms with Crippen molar-refractivity contribution >= 4 is 76.5 Å². The van der Waals surface area contributed by atoms with Crippen molar-refractivity contribution in [2.45, 2.75) is 27.7 Å². The third kappa shape index (κ3) is 3.54. The molecule has 0 atom stereocenters. The lowest BCUT2D eigenvalue weighted by molar-refractivity contribution is 0.483. The first-order valence-electron chi connectivity index (χ1n) is 16.1. The van der Waals surface area contributed by atoms with Crippen LogP contribution in [-0.2, 0) is 0 Å². The number of rotatable bonds is 2. The molecule has 0 bridgehead atoms. The van der Waals surface area contributed by atoms with Crippen LogP contribution in [0.1, 0.15) is 22.3 Å². The molecule has 0 aliphatic rings. The second kappa shape index (κ2) is 9.30. The second-order valence-electron chi connectivity index (χ2n) is 12.9. The zero-order chi connectivity index (χ0) is 31.6. The Hall–Kier alpha value is -5.94. The molecule has 0 amide bonds. The molecule has 10 aromatic rings. The third-order valence-electron chi connectivity index (χ3n) is 10.00. The monoisotopic (exact) mass is 606 g/mol. The Morgan fingerprint density at radius 2 is 0.915 bits per heavy atom. The Kier molecular flexibility index (Phi) is 5.20. The van der Waals surface area contributed by atoms with Crippen molar-refractivity contribution < 1.29 is 4.74 Å². The number of aromatic nitrogens is 4. The standard InChI is InChI=1S/C42H30N4O/c1-23-13-15-43-39-31-21-29(17-25(3)37(31)35-19-27-9-5-7-11-33(27)45(35)41(23)39)47-30-18-26(4)38-32(22-30)40-42(24(2)14-16-44-40)46-34-12-8-6-10-28(34)20-36(38)46/h5-22H,1-4H3. The number of aryl methyl sites for hydroxylation is 4. The number of hydrogen-bond acceptors (Lipinski definition) is 3. The minimum Gasteiger partial charge on any atom is -0.457 e. The molecule has 0 saturated carbocycles. The molecule has 4 aromatic carbocycles. The molecule has 10 rings (SSSR count). The molecular formula is C42H30N4O. The van der Waals surface area contributed by atoms with Crippen molar-refractivity contribution in [3.8, 4) is 11.5 Å². The van der Waals surface area contributed by atoms with E-state index < -0.39 is 0 Å². The van der Waals surface area contributed by atoms with Crippen molar-refractivity contribution in [3.05, 3.63) is 132 Å². The molecule has 6 heterocycles. The smallest absolute Gasteiger partial charge is 0.128 e. The fourth-order valence-corrected chi connectivity index (χ4v) is 8.03. The number of hydrogen-bond donors (Lipinski definition) is 0. The minimum atomic E-state index is 0.793. The first-order chi connectivity index (χ1) is 23.0. The molecule has 47 heavy (non-hydrogen) atoms. The van der Waals surface area contributed by atoms with E-state index in [1.807, 2.05) is 12.4 Å². The van der Waals surface area contributed by atoms with E-state index in [9.17, 15) is 0 Å². The summed E-state index contributed by atoms with van der Waals surface area (Å²) in [5.41, 5.74) is 13.7. The molecule has 6 aromatic heterocycles. The number of pyridine rings is 4. The Bertz CT molecular complexity index is 2780. The zero-order valence-corrected chi connectivity index (χ0v) is 26.6. The molecule has 0 aliphatic heterocycles. The average Bonchev–Trinajstić information content (AvgIpc) is 3.64. The largest absolute Gasteiger partial charge is 0.457 e. The van der Waals surface area contributed by atoms with Crippen LogP contribution in [0.5, 0.6) is 11.5 Å². The predicted octanol–water partition coefficient (Wildman–Crippen LogP) is 10.9. The molecule has 5 heteroatoms. The molecule has 0 aliphatic carbocycles. The van der Waals surface area contributed by atoms with Crippen LogP contribution >= 0.6 is 0 Å². The van der Waals surface area contributed by atoms with Crippen LogP contribution in [0.25, 0.3) is 76.5 Å². The van der Waals surface area contributed by atoms with Crippen LogP contribution in [-0.4, -0.2) is 18.8 Å². The van der Waals surface area contributed by atoms with Crippen molar-refractivity contribution in [1.29, 1.82) is 0 Å². The highest BCUT2D eigenvalue weighted by Gasteiger charge is 2.20. The third-order valence-corrected chi connectivity index (χ3v) is 10.00. The maximum atomic E-state index is 6.79. The summed E-state index contributed by atoms with van der Waals surface area (Å²) in [5, 5.41) is 7.02. The summed E-state index contributed by atoms with van der Waals surface area (Å²) in [6.07, 6.45) is 3.83. The molecule has 0 radical (unpaired) electrons. The van der Waals surface area contributed by atoms with E-state index in [1.165, 1.54) is 54.7 Å². The summed E-state index contributed by atoms with van der Waals surface area (Å²) in [4.78, 5) is 9.91. The number of para-hydroxylation sites is 2. The van der Waals surface area contributed by atoms with E-state index in [2.05, 4.69) is 134 Å². The van der Waals surface area contributed by atoms with Crippen LogP contribution in [0.3, 0.4) is 0 Å². The normalized spacial score (nSPS) is 12.3. The molecule has 5 nitrogen and oxygen atoms in total. The van der Waals surface area contributed by atoms with Gasteiger partial charge in [-0.2, -0.15) is 0 Å². The van der Waals surface area contributed by atoms with Crippen molar-refractivity contribution in [2.75, 3.05) is 0 Å². The first kappa shape index (κ1) is 26.3. The summed E-state index contributed by atoms with van der Waals surface area (Å²) >= 11 is 0. The van der Waals surface area contributed by atoms with Crippen LogP contribution in [0.2, 0.25) is 0 Å². The highest BCUT2D eigenvalue weighted by Crippen LogP contribution is 2.41. The van der Waals surface area contributed by atoms with Gasteiger partial charge in [-0.3, -0.25) is 9.97 Å². The molecule has 0 N–H and O–H groups in total. The average molecular weight is 607 g/mol. The predicted molar refractivity (Wildman–Crippen MR) is 194 cm³/mol. The van der Waals surface area contributed by atoms with Crippen molar-refractivity contribution in [2.24, 2.45) is 0 Å². The van der Waals surface area contributed by atoms with Gasteiger partial charge in [0.25, 0.3) is 0 Å². The van der Waals surface area contributed by atoms with Crippen molar-refractivity contribution in [1.82, 2.24) is 18.8 Å². The molecule has 0 fully saturated rings. The van der Waals surface area contributed by atoms with E-state index >= 15 is 0 Å². The van der Waals surface area contributed by atoms with E-state index in [0.717, 1.165) is 55.5 Å². The summed E-state index contributed by atoms with van der Waals surface area (Å²) < 4.78 is 11.5. The van der Waals surface area contributed by atoms with Crippen LogP contribution in [0.4, 0.5) is 0 Å². The van der Waals surface area contributed by atoms with Crippen LogP contribution in [0.15, 0.2) is 109 Å². The fourth-order valence-electron chi connectivity index (χ4n) is 8.03. The number of fused-ring (bicyclic) bond motifs is 16. The lowest BCUT2D eigenvalue weighted by Crippen LogP contribution is -1.98. The van der Waals surface area contributed by atoms with Gasteiger partial charge in [0.05, 0.1) is 44.1 Å². The van der Waals surface area contributed by atoms with Gasteiger partial charge in [0.1, 0.15) is 11.5 Å². The van der Waals surface area contributed by atoms with Gasteiger partial charge in [-0.15, -0.1) is 0 Å². The topological polar surface area (TPSA) is 43.8 Å². The maximum absolute atomic E-state index is 6.79. The van der Waals surface area contributed by atoms with E-state index in [0.29, 0.717) is 0 Å². The summed E-state index contributed by atoms with van der Waals surface area (Å²) in [6, 6.07) is 34.6. The second-order valence-corrected chi connectivity index (χ2v) is 12.9. The molecule has 0 unspecified atom stereocenters. The number of ether oxygens (including phenoxy) is 1. The molecule has 0 spiro atoms. The summed E-state index contributed by atoms with van der Waals surface area (Å²) in [7, 11) is 0. The Morgan fingerprint density at radius 1 is 0.468 bits per heavy atom. The quantitative estimate of drug-likeness (QED) is 0.184. The van der Waals surface area contributed by atoms with Crippen LogP contribution in [0, 0.1) is 27.7 Å². The van der Waals surface area contributed by atoms with E-state index in [4.69, 9.17) is 14.7 Å². The first-order valence-corrected chi connectivity index (χ1v) is 16.1. The lowest BCUT2D eigenvalue weighted by atomic mass is 10.0. The highest BCUT2D eigenvalue weighted by molar-refractivity contribution is 6.17. The Labute approximate surface area is 270 Å². The van der Waals surface area contributed by atoms with Crippen molar-refractivity contribution in [3.63, 3.8) is 0 Å². The Balaban J connectivity index is 1.23. The van der Waals surface area contributed by atoms with Gasteiger partial charge < -0.3 is 13.5 Å². The van der Waals surface area contributed by atoms with E-state index in [1.54, 1.807) is 0 Å². The van der Waals surface area contributed by atoms with Gasteiger partial charge in [-0.1, -0.05) is 36.4 Å². The zero-order valence-electron chi connectivity index (χ0n) is 26.6. The molecular weight excluding hydrogens is 576 g/mol. The SMILES string of the molecule is Cc1cc(Oc2cc(C)c3c(c2)c2nccc(C)c2n2c4ccccc4cc32)cc2c3nccc(C)c3n3c4ccccc4cc3c12. The molecule has 224 valence electrons. The van der Waals surface area contributed by atoms with Gasteiger partial charge >= 0.3 is 0 Å². The number of nitrogens with zero attached hydrogens (tertiary/aromatic N) is 4. The van der Waals surface area contributed by atoms with Gasteiger partial charge in [-0.05, 0) is 111 Å². The minimum absolute atomic E-state index is 0.793.